The SMILES string of the molecule is CC1CCC=[N+]1c1cc(C(C)(C)C)cc(C(C)(C)C)c1O. The zero-order valence-corrected chi connectivity index (χ0v) is 14.6. The molecule has 2 nitrogen and oxygen atoms in total. The summed E-state index contributed by atoms with van der Waals surface area (Å²) >= 11 is 0. The van der Waals surface area contributed by atoms with Gasteiger partial charge in [0, 0.05) is 24.5 Å². The van der Waals surface area contributed by atoms with Crippen LogP contribution >= 0.6 is 0 Å². The Morgan fingerprint density at radius 3 is 2.10 bits per heavy atom. The van der Waals surface area contributed by atoms with Crippen molar-refractivity contribution >= 4 is 11.9 Å². The molecule has 0 aromatic heterocycles. The van der Waals surface area contributed by atoms with Crippen LogP contribution in [0.4, 0.5) is 5.69 Å². The maximum absolute atomic E-state index is 10.8. The maximum atomic E-state index is 10.8. The second-order valence-corrected chi connectivity index (χ2v) is 8.41. The van der Waals surface area contributed by atoms with E-state index in [1.165, 1.54) is 5.56 Å². The summed E-state index contributed by atoms with van der Waals surface area (Å²) < 4.78 is 2.25. The van der Waals surface area contributed by atoms with Crippen molar-refractivity contribution in [1.29, 1.82) is 0 Å². The van der Waals surface area contributed by atoms with Crippen molar-refractivity contribution in [2.45, 2.75) is 78.2 Å². The van der Waals surface area contributed by atoms with Gasteiger partial charge in [0.2, 0.25) is 5.69 Å². The summed E-state index contributed by atoms with van der Waals surface area (Å²) in [7, 11) is 0. The Bertz CT molecular complexity index is 570. The molecule has 0 saturated carbocycles. The summed E-state index contributed by atoms with van der Waals surface area (Å²) in [6.07, 6.45) is 4.47. The molecular weight excluding hydrogens is 258 g/mol. The van der Waals surface area contributed by atoms with Gasteiger partial charge in [0.05, 0.1) is 0 Å². The molecule has 0 radical (unpaired) electrons. The zero-order valence-electron chi connectivity index (χ0n) is 14.6. The number of aromatic hydroxyl groups is 1. The quantitative estimate of drug-likeness (QED) is 0.731. The van der Waals surface area contributed by atoms with Crippen LogP contribution in [0.2, 0.25) is 0 Å². The highest BCUT2D eigenvalue weighted by atomic mass is 16.3. The van der Waals surface area contributed by atoms with Crippen LogP contribution in [0.5, 0.6) is 5.75 Å². The molecule has 0 fully saturated rings. The van der Waals surface area contributed by atoms with E-state index in [0.717, 1.165) is 24.1 Å². The molecule has 1 aliphatic heterocycles. The summed E-state index contributed by atoms with van der Waals surface area (Å²) in [6, 6.07) is 4.81. The molecular formula is C19H30NO+. The molecule has 1 aromatic rings. The third kappa shape index (κ3) is 3.14. The molecule has 0 saturated heterocycles. The van der Waals surface area contributed by atoms with E-state index in [9.17, 15) is 5.11 Å². The topological polar surface area (TPSA) is 23.2 Å². The van der Waals surface area contributed by atoms with E-state index in [2.05, 4.69) is 71.4 Å². The van der Waals surface area contributed by atoms with Gasteiger partial charge in [-0.25, -0.2) is 0 Å². The van der Waals surface area contributed by atoms with Gasteiger partial charge in [-0.3, -0.25) is 0 Å². The Labute approximate surface area is 129 Å². The fourth-order valence-electron chi connectivity index (χ4n) is 2.93. The van der Waals surface area contributed by atoms with Gasteiger partial charge < -0.3 is 5.11 Å². The highest BCUT2D eigenvalue weighted by molar-refractivity contribution is 5.62. The second kappa shape index (κ2) is 5.15. The van der Waals surface area contributed by atoms with Gasteiger partial charge >= 0.3 is 0 Å². The Balaban J connectivity index is 2.70. The third-order valence-corrected chi connectivity index (χ3v) is 4.43. The number of nitrogens with zero attached hydrogens (tertiary/aromatic N) is 1. The van der Waals surface area contributed by atoms with E-state index >= 15 is 0 Å². The van der Waals surface area contributed by atoms with Crippen LogP contribution in [0.15, 0.2) is 12.1 Å². The van der Waals surface area contributed by atoms with Crippen molar-refractivity contribution in [1.82, 2.24) is 0 Å². The second-order valence-electron chi connectivity index (χ2n) is 8.41. The highest BCUT2D eigenvalue weighted by Crippen LogP contribution is 2.42. The lowest BCUT2D eigenvalue weighted by atomic mass is 9.79. The standard InChI is InChI=1S/C19H29NO/c1-13-9-8-10-20(13)16-12-14(18(2,3)4)11-15(17(16)21)19(5,6)7/h10-13H,8-9H2,1-7H3/p+1. The third-order valence-electron chi connectivity index (χ3n) is 4.43. The molecule has 1 aromatic carbocycles. The van der Waals surface area contributed by atoms with Crippen molar-refractivity contribution in [2.75, 3.05) is 0 Å². The summed E-state index contributed by atoms with van der Waals surface area (Å²) in [5.41, 5.74) is 3.30. The van der Waals surface area contributed by atoms with Crippen molar-refractivity contribution in [3.8, 4) is 5.75 Å². The van der Waals surface area contributed by atoms with Gasteiger partial charge in [-0.1, -0.05) is 47.6 Å². The fraction of sp³-hybridized carbons (Fsp3) is 0.632. The van der Waals surface area contributed by atoms with E-state index in [4.69, 9.17) is 0 Å². The van der Waals surface area contributed by atoms with Gasteiger partial charge in [-0.15, -0.1) is 0 Å². The first-order chi connectivity index (χ1) is 9.51. The highest BCUT2D eigenvalue weighted by Gasteiger charge is 2.32. The minimum atomic E-state index is -0.0664. The molecule has 0 aliphatic carbocycles. The molecule has 1 atom stereocenters. The summed E-state index contributed by atoms with van der Waals surface area (Å²) in [6.45, 7) is 15.4. The molecule has 116 valence electrons. The lowest BCUT2D eigenvalue weighted by molar-refractivity contribution is -0.467. The first kappa shape index (κ1) is 16.1. The number of phenolic OH excluding ortho intramolecular Hbond substituents is 1. The van der Waals surface area contributed by atoms with Crippen LogP contribution in [-0.2, 0) is 10.8 Å². The summed E-state index contributed by atoms with van der Waals surface area (Å²) in [5, 5.41) is 10.8. The van der Waals surface area contributed by atoms with Gasteiger partial charge in [0.25, 0.3) is 0 Å². The Morgan fingerprint density at radius 1 is 1.05 bits per heavy atom. The number of hydrogen-bond donors (Lipinski definition) is 1. The number of phenols is 1. The zero-order chi connectivity index (χ0) is 16.0. The Morgan fingerprint density at radius 2 is 1.67 bits per heavy atom. The molecule has 1 unspecified atom stereocenters. The van der Waals surface area contributed by atoms with E-state index in [1.54, 1.807) is 0 Å². The van der Waals surface area contributed by atoms with E-state index in [-0.39, 0.29) is 10.8 Å². The largest absolute Gasteiger partial charge is 0.502 e. The van der Waals surface area contributed by atoms with Crippen LogP contribution in [0.25, 0.3) is 0 Å². The fourth-order valence-corrected chi connectivity index (χ4v) is 2.93. The average molecular weight is 288 g/mol. The van der Waals surface area contributed by atoms with Crippen LogP contribution in [0.3, 0.4) is 0 Å². The van der Waals surface area contributed by atoms with E-state index < -0.39 is 0 Å². The lowest BCUT2D eigenvalue weighted by Gasteiger charge is -2.26. The number of hydrogen-bond acceptors (Lipinski definition) is 1. The molecule has 0 bridgehead atoms. The molecule has 21 heavy (non-hydrogen) atoms. The monoisotopic (exact) mass is 288 g/mol. The van der Waals surface area contributed by atoms with Crippen molar-refractivity contribution in [3.05, 3.63) is 23.3 Å². The minimum Gasteiger partial charge on any atom is -0.502 e. The van der Waals surface area contributed by atoms with Crippen LogP contribution in [0.1, 0.15) is 72.4 Å². The predicted molar refractivity (Wildman–Crippen MR) is 90.2 cm³/mol. The van der Waals surface area contributed by atoms with Crippen molar-refractivity contribution in [3.63, 3.8) is 0 Å². The Hall–Kier alpha value is -1.31. The molecule has 2 rings (SSSR count). The molecule has 1 N–H and O–H groups in total. The van der Waals surface area contributed by atoms with Crippen molar-refractivity contribution < 1.29 is 9.68 Å². The Kier molecular flexibility index (Phi) is 3.94. The summed E-state index contributed by atoms with van der Waals surface area (Å²) in [5.74, 6) is 0.445. The maximum Gasteiger partial charge on any atom is 0.247 e. The first-order valence-electron chi connectivity index (χ1n) is 8.01. The molecule has 1 heterocycles. The van der Waals surface area contributed by atoms with E-state index in [0.29, 0.717) is 11.8 Å². The van der Waals surface area contributed by atoms with E-state index in [1.807, 2.05) is 0 Å². The molecule has 1 aliphatic rings. The molecule has 0 spiro atoms. The van der Waals surface area contributed by atoms with Gasteiger partial charge in [-0.05, 0) is 23.3 Å². The molecule has 2 heteroatoms. The van der Waals surface area contributed by atoms with Gasteiger partial charge in [0.1, 0.15) is 6.21 Å². The van der Waals surface area contributed by atoms with Gasteiger partial charge in [0.15, 0.2) is 11.8 Å². The van der Waals surface area contributed by atoms with Crippen LogP contribution < -0.4 is 0 Å². The average Bonchev–Trinajstić information content (AvgIpc) is 2.72. The predicted octanol–water partition coefficient (Wildman–Crippen LogP) is 4.88. The lowest BCUT2D eigenvalue weighted by Crippen LogP contribution is -2.19. The summed E-state index contributed by atoms with van der Waals surface area (Å²) in [4.78, 5) is 0. The van der Waals surface area contributed by atoms with Crippen LogP contribution in [-0.4, -0.2) is 21.9 Å². The minimum absolute atomic E-state index is 0.0664. The smallest absolute Gasteiger partial charge is 0.247 e. The van der Waals surface area contributed by atoms with Crippen LogP contribution in [0, 0.1) is 0 Å². The van der Waals surface area contributed by atoms with Crippen molar-refractivity contribution in [2.24, 2.45) is 0 Å². The number of benzene rings is 1. The molecule has 0 amide bonds. The van der Waals surface area contributed by atoms with Gasteiger partial charge in [-0.2, -0.15) is 4.58 Å². The number of rotatable bonds is 1. The normalized spacial score (nSPS) is 19.8. The first-order valence-corrected chi connectivity index (χ1v) is 8.01.